The third-order valence-electron chi connectivity index (χ3n) is 2.23. The standard InChI is InChI=1S/C6H10O2.C5H10N2O2.C5H8O2.H2/c1-4(5(2)7)6(3)8;1-4(8)6-3-7-5(2)9;1-5(7)3-2-4-6;/h4H,1-3H3;3H2,1-2H3,(H,6,8)(H,7,9);4H,2-3H2,1H3;1H/i4D;;3D;1+1D. The van der Waals surface area contributed by atoms with Crippen LogP contribution in [0, 0.1) is 5.89 Å². The molecule has 140 valence electrons. The zero-order valence-electron chi connectivity index (χ0n) is 19.0. The van der Waals surface area contributed by atoms with E-state index in [1.54, 1.807) is 0 Å². The minimum absolute atomic E-state index is 0.0231. The summed E-state index contributed by atoms with van der Waals surface area (Å²) in [6.07, 6.45) is -0.235. The van der Waals surface area contributed by atoms with Crippen molar-refractivity contribution in [2.24, 2.45) is 5.89 Å². The molecule has 0 aromatic heterocycles. The molecule has 2 N–H and O–H groups in total. The van der Waals surface area contributed by atoms with Crippen LogP contribution >= 0.6 is 0 Å². The number of hydrogen-bond acceptors (Lipinski definition) is 6. The smallest absolute Gasteiger partial charge is 0.218 e. The van der Waals surface area contributed by atoms with Crippen LogP contribution in [0.25, 0.3) is 0 Å². The van der Waals surface area contributed by atoms with Gasteiger partial charge in [0.1, 0.15) is 23.6 Å². The summed E-state index contributed by atoms with van der Waals surface area (Å²) in [5.74, 6) is -2.89. The normalized spacial score (nSPS) is 11.9. The predicted octanol–water partition coefficient (Wildman–Crippen LogP) is 0.817. The highest BCUT2D eigenvalue weighted by atomic mass is 16.2. The number of nitrogens with one attached hydrogen (secondary N) is 2. The predicted molar refractivity (Wildman–Crippen MR) is 91.1 cm³/mol. The molecule has 0 aliphatic carbocycles. The Kier molecular flexibility index (Phi) is 13.9. The Morgan fingerprint density at radius 1 is 1.04 bits per heavy atom. The Bertz CT molecular complexity index is 497. The molecule has 0 spiro atoms. The quantitative estimate of drug-likeness (QED) is 0.397. The molecule has 0 aliphatic rings. The highest BCUT2D eigenvalue weighted by molar-refractivity contribution is 5.99. The van der Waals surface area contributed by atoms with Crippen molar-refractivity contribution in [2.45, 2.75) is 54.4 Å². The van der Waals surface area contributed by atoms with Crippen LogP contribution in [-0.2, 0) is 28.8 Å². The first-order valence-corrected chi connectivity index (χ1v) is 7.07. The molecule has 1 unspecified atom stereocenters. The molecule has 24 heavy (non-hydrogen) atoms. The fourth-order valence-electron chi connectivity index (χ4n) is 0.755. The van der Waals surface area contributed by atoms with Gasteiger partial charge in [-0.1, -0.05) is 0 Å². The van der Waals surface area contributed by atoms with Crippen molar-refractivity contribution in [2.75, 3.05) is 6.67 Å². The molecule has 0 fully saturated rings. The molecule has 0 saturated heterocycles. The number of ketones is 3. The van der Waals surface area contributed by atoms with Gasteiger partial charge in [-0.05, 0) is 27.7 Å². The molecule has 0 aliphatic heterocycles. The highest BCUT2D eigenvalue weighted by Crippen LogP contribution is 1.95. The van der Waals surface area contributed by atoms with Gasteiger partial charge in [0.05, 0.1) is 12.6 Å². The van der Waals surface area contributed by atoms with E-state index in [2.05, 4.69) is 10.6 Å². The van der Waals surface area contributed by atoms with Gasteiger partial charge in [-0.15, -0.1) is 0 Å². The van der Waals surface area contributed by atoms with E-state index in [1.165, 1.54) is 41.5 Å². The summed E-state index contributed by atoms with van der Waals surface area (Å²) in [4.78, 5) is 61.2. The van der Waals surface area contributed by atoms with E-state index >= 15 is 0 Å². The van der Waals surface area contributed by atoms with E-state index in [4.69, 9.17) is 5.71 Å². The third-order valence-corrected chi connectivity index (χ3v) is 2.23. The highest BCUT2D eigenvalue weighted by Gasteiger charge is 2.11. The van der Waals surface area contributed by atoms with Crippen molar-refractivity contribution >= 4 is 35.5 Å². The number of amides is 2. The van der Waals surface area contributed by atoms with Gasteiger partial charge in [0.15, 0.2) is 0 Å². The summed E-state index contributed by atoms with van der Waals surface area (Å²) in [7, 11) is 0. The van der Waals surface area contributed by atoms with Gasteiger partial charge in [0.25, 0.3) is 0 Å². The molecule has 8 heteroatoms. The first-order chi connectivity index (χ1) is 12.7. The summed E-state index contributed by atoms with van der Waals surface area (Å²) in [5.41, 5.74) is 0. The molecule has 0 heterocycles. The number of rotatable bonds is 7. The third kappa shape index (κ3) is 27.9. The van der Waals surface area contributed by atoms with Crippen molar-refractivity contribution in [1.29, 1.82) is 0 Å². The van der Waals surface area contributed by atoms with Crippen molar-refractivity contribution in [3.05, 3.63) is 0 Å². The summed E-state index contributed by atoms with van der Waals surface area (Å²) in [5, 5.41) is 4.81. The summed E-state index contributed by atoms with van der Waals surface area (Å²) < 4.78 is 24.0. The largest absolute Gasteiger partial charge is 0.339 e. The number of carbonyl (C=O) groups excluding carboxylic acids is 6. The van der Waals surface area contributed by atoms with Gasteiger partial charge >= 0.3 is 0 Å². The lowest BCUT2D eigenvalue weighted by Gasteiger charge is -2.00. The zero-order valence-corrected chi connectivity index (χ0v) is 15.0. The molecular weight excluding hydrogens is 316 g/mol. The fourth-order valence-corrected chi connectivity index (χ4v) is 0.755. The Labute approximate surface area is 148 Å². The molecule has 8 nitrogen and oxygen atoms in total. The van der Waals surface area contributed by atoms with Crippen LogP contribution in [0.1, 0.15) is 60.1 Å². The molecule has 1 atom stereocenters. The average molecular weight is 350 g/mol. The van der Waals surface area contributed by atoms with E-state index in [9.17, 15) is 28.8 Å². The van der Waals surface area contributed by atoms with Crippen LogP contribution in [0.5, 0.6) is 0 Å². The van der Waals surface area contributed by atoms with Crippen LogP contribution < -0.4 is 10.6 Å². The maximum atomic E-state index is 10.5. The average Bonchev–Trinajstić information content (AvgIpc) is 2.57. The van der Waals surface area contributed by atoms with Gasteiger partial charge in [0, 0.05) is 32.4 Å². The summed E-state index contributed by atoms with van der Waals surface area (Å²) in [6, 6.07) is 0. The van der Waals surface area contributed by atoms with Crippen LogP contribution in [0.3, 0.4) is 0 Å². The van der Waals surface area contributed by atoms with Crippen LogP contribution in [-0.4, -0.2) is 42.1 Å². The lowest BCUT2D eigenvalue weighted by atomic mass is 10.0. The zero-order chi connectivity index (χ0) is 23.5. The van der Waals surface area contributed by atoms with Crippen molar-refractivity contribution in [3.8, 4) is 0 Å². The monoisotopic (exact) mass is 350 g/mol. The molecule has 0 aromatic carbocycles. The van der Waals surface area contributed by atoms with E-state index in [-0.39, 0.29) is 30.7 Å². The second-order valence-corrected chi connectivity index (χ2v) is 4.60. The topological polar surface area (TPSA) is 126 Å². The maximum absolute atomic E-state index is 10.5. The van der Waals surface area contributed by atoms with E-state index in [0.717, 1.165) is 0 Å². The Hall–Kier alpha value is -2.38. The Morgan fingerprint density at radius 3 is 1.54 bits per heavy atom. The molecule has 0 saturated carbocycles. The molecule has 0 radical (unpaired) electrons. The lowest BCUT2D eigenvalue weighted by Crippen LogP contribution is -2.34. The molecular formula is C16H30N2O6. The van der Waals surface area contributed by atoms with Gasteiger partial charge in [-0.25, -0.2) is 0 Å². The van der Waals surface area contributed by atoms with Crippen molar-refractivity contribution in [3.63, 3.8) is 0 Å². The summed E-state index contributed by atoms with van der Waals surface area (Å²) >= 11 is 0. The second kappa shape index (κ2) is 17.0. The number of Topliss-reactive ketones (excluding diaryl/α,β-unsaturated/α-hetero) is 3. The molecule has 0 rings (SSSR count). The maximum Gasteiger partial charge on any atom is 0.218 e. The van der Waals surface area contributed by atoms with Crippen LogP contribution in [0.15, 0.2) is 0 Å². The van der Waals surface area contributed by atoms with E-state index in [1.807, 2.05) is 0 Å². The number of aldehydes is 1. The lowest BCUT2D eigenvalue weighted by molar-refractivity contribution is -0.129. The second-order valence-electron chi connectivity index (χ2n) is 4.60. The van der Waals surface area contributed by atoms with E-state index < -0.39 is 23.9 Å². The number of hydrogen-bond donors (Lipinski definition) is 2. The first kappa shape index (κ1) is 19.7. The Balaban J connectivity index is -0.000000148. The minimum Gasteiger partial charge on any atom is -0.339 e. The molecule has 0 aromatic rings. The van der Waals surface area contributed by atoms with Gasteiger partial charge in [0.2, 0.25) is 11.8 Å². The summed E-state index contributed by atoms with van der Waals surface area (Å²) in [6.45, 7) is 8.09. The number of carbonyl (C=O) groups is 6. The van der Waals surface area contributed by atoms with Crippen molar-refractivity contribution in [1.82, 2.24) is 10.6 Å². The van der Waals surface area contributed by atoms with Crippen LogP contribution in [0.4, 0.5) is 0 Å². The first-order valence-electron chi connectivity index (χ1n) is 9.15. The van der Waals surface area contributed by atoms with E-state index in [0.29, 0.717) is 6.29 Å². The molecule has 2 amide bonds. The van der Waals surface area contributed by atoms with Gasteiger partial charge < -0.3 is 20.2 Å². The SMILES string of the molecule is CC(=O)NCNC(C)=O.[2H]C(C)(C(C)=O)C(C)=O.[2H]C(CC=O)C(C)=O.[2H][2H]. The Morgan fingerprint density at radius 2 is 1.42 bits per heavy atom. The van der Waals surface area contributed by atoms with Crippen molar-refractivity contribution < 1.29 is 34.5 Å². The van der Waals surface area contributed by atoms with Gasteiger partial charge in [-0.3, -0.25) is 19.2 Å². The minimum atomic E-state index is -1.53. The fraction of sp³-hybridized carbons (Fsp3) is 0.625. The van der Waals surface area contributed by atoms with Gasteiger partial charge in [-0.2, -0.15) is 0 Å². The van der Waals surface area contributed by atoms with Crippen LogP contribution in [0.2, 0.25) is 0 Å². The molecule has 0 bridgehead atoms.